The first-order valence-electron chi connectivity index (χ1n) is 9.11. The standard InChI is InChI=1S/C21H19N5O3S/c1-15-3-8-19(13-16(15)2)30(27,28)25-17-4-6-18(7-5-17)29-21-10-9-20(23-24-21)26-12-11-22-14-26/h3-14,25H,1-2H3. The topological polar surface area (TPSA) is 99.0 Å². The maximum absolute atomic E-state index is 12.6. The molecule has 0 fully saturated rings. The van der Waals surface area contributed by atoms with E-state index in [0.29, 0.717) is 23.1 Å². The highest BCUT2D eigenvalue weighted by Crippen LogP contribution is 2.24. The molecule has 0 aliphatic rings. The van der Waals surface area contributed by atoms with Crippen molar-refractivity contribution in [3.8, 4) is 17.4 Å². The van der Waals surface area contributed by atoms with Crippen molar-refractivity contribution in [3.05, 3.63) is 84.4 Å². The highest BCUT2D eigenvalue weighted by atomic mass is 32.2. The van der Waals surface area contributed by atoms with Gasteiger partial charge in [-0.25, -0.2) is 13.4 Å². The van der Waals surface area contributed by atoms with E-state index in [1.807, 2.05) is 13.8 Å². The smallest absolute Gasteiger partial charge is 0.261 e. The predicted octanol–water partition coefficient (Wildman–Crippen LogP) is 3.87. The number of benzene rings is 2. The maximum Gasteiger partial charge on any atom is 0.261 e. The minimum Gasteiger partial charge on any atom is -0.438 e. The zero-order valence-corrected chi connectivity index (χ0v) is 17.2. The zero-order chi connectivity index (χ0) is 21.1. The van der Waals surface area contributed by atoms with Crippen LogP contribution in [-0.4, -0.2) is 28.2 Å². The van der Waals surface area contributed by atoms with Gasteiger partial charge in [-0.05, 0) is 67.4 Å². The van der Waals surface area contributed by atoms with E-state index in [2.05, 4.69) is 19.9 Å². The van der Waals surface area contributed by atoms with Gasteiger partial charge in [-0.15, -0.1) is 10.2 Å². The van der Waals surface area contributed by atoms with E-state index in [0.717, 1.165) is 11.1 Å². The normalized spacial score (nSPS) is 11.3. The number of anilines is 1. The van der Waals surface area contributed by atoms with Gasteiger partial charge in [0.15, 0.2) is 5.82 Å². The molecule has 8 nitrogen and oxygen atoms in total. The lowest BCUT2D eigenvalue weighted by atomic mass is 10.1. The third-order valence-electron chi connectivity index (χ3n) is 4.51. The molecule has 152 valence electrons. The number of ether oxygens (including phenoxy) is 1. The van der Waals surface area contributed by atoms with Crippen LogP contribution in [0.3, 0.4) is 0 Å². The maximum atomic E-state index is 12.6. The summed E-state index contributed by atoms with van der Waals surface area (Å²) in [5.41, 5.74) is 2.39. The van der Waals surface area contributed by atoms with Gasteiger partial charge in [0.05, 0.1) is 4.90 Å². The molecule has 0 saturated heterocycles. The molecule has 0 bridgehead atoms. The van der Waals surface area contributed by atoms with Crippen LogP contribution in [0.15, 0.2) is 78.2 Å². The van der Waals surface area contributed by atoms with Gasteiger partial charge in [0.2, 0.25) is 5.88 Å². The van der Waals surface area contributed by atoms with Crippen molar-refractivity contribution in [2.24, 2.45) is 0 Å². The third-order valence-corrected chi connectivity index (χ3v) is 5.89. The summed E-state index contributed by atoms with van der Waals surface area (Å²) in [6.45, 7) is 3.82. The number of hydrogen-bond acceptors (Lipinski definition) is 6. The van der Waals surface area contributed by atoms with Crippen LogP contribution in [0.2, 0.25) is 0 Å². The molecule has 2 aromatic heterocycles. The molecular weight excluding hydrogens is 402 g/mol. The fourth-order valence-corrected chi connectivity index (χ4v) is 3.85. The molecule has 0 saturated carbocycles. The van der Waals surface area contributed by atoms with Gasteiger partial charge in [-0.1, -0.05) is 6.07 Å². The molecule has 0 amide bonds. The SMILES string of the molecule is Cc1ccc(S(=O)(=O)Nc2ccc(Oc3ccc(-n4ccnc4)nn3)cc2)cc1C. The highest BCUT2D eigenvalue weighted by Gasteiger charge is 2.15. The summed E-state index contributed by atoms with van der Waals surface area (Å²) in [4.78, 5) is 4.19. The molecule has 0 spiro atoms. The monoisotopic (exact) mass is 421 g/mol. The van der Waals surface area contributed by atoms with Crippen LogP contribution in [0.1, 0.15) is 11.1 Å². The molecule has 0 atom stereocenters. The quantitative estimate of drug-likeness (QED) is 0.507. The average Bonchev–Trinajstić information content (AvgIpc) is 3.27. The molecule has 0 aliphatic heterocycles. The van der Waals surface area contributed by atoms with Gasteiger partial charge in [-0.3, -0.25) is 9.29 Å². The Bertz CT molecular complexity index is 1250. The number of rotatable bonds is 6. The van der Waals surface area contributed by atoms with Crippen LogP contribution in [-0.2, 0) is 10.0 Å². The highest BCUT2D eigenvalue weighted by molar-refractivity contribution is 7.92. The van der Waals surface area contributed by atoms with E-state index in [1.165, 1.54) is 0 Å². The van der Waals surface area contributed by atoms with Crippen molar-refractivity contribution in [1.29, 1.82) is 0 Å². The first-order valence-corrected chi connectivity index (χ1v) is 10.6. The van der Waals surface area contributed by atoms with Gasteiger partial charge in [-0.2, -0.15) is 0 Å². The van der Waals surface area contributed by atoms with Gasteiger partial charge in [0.25, 0.3) is 10.0 Å². The zero-order valence-electron chi connectivity index (χ0n) is 16.4. The number of aryl methyl sites for hydroxylation is 2. The van der Waals surface area contributed by atoms with Crippen LogP contribution in [0, 0.1) is 13.8 Å². The molecule has 4 aromatic rings. The third kappa shape index (κ3) is 4.31. The number of nitrogens with one attached hydrogen (secondary N) is 1. The summed E-state index contributed by atoms with van der Waals surface area (Å²) in [5, 5.41) is 8.12. The number of imidazole rings is 1. The second-order valence-corrected chi connectivity index (χ2v) is 8.36. The van der Waals surface area contributed by atoms with Crippen molar-refractivity contribution < 1.29 is 13.2 Å². The Hall–Kier alpha value is -3.72. The van der Waals surface area contributed by atoms with Crippen LogP contribution < -0.4 is 9.46 Å². The Kier molecular flexibility index (Phi) is 5.20. The van der Waals surface area contributed by atoms with E-state index >= 15 is 0 Å². The van der Waals surface area contributed by atoms with Gasteiger partial charge >= 0.3 is 0 Å². The summed E-state index contributed by atoms with van der Waals surface area (Å²) in [6.07, 6.45) is 5.05. The molecule has 0 aliphatic carbocycles. The Morgan fingerprint density at radius 1 is 0.933 bits per heavy atom. The Balaban J connectivity index is 1.44. The molecule has 2 heterocycles. The van der Waals surface area contributed by atoms with Crippen LogP contribution in [0.5, 0.6) is 11.6 Å². The number of aromatic nitrogens is 4. The first-order chi connectivity index (χ1) is 14.4. The summed E-state index contributed by atoms with van der Waals surface area (Å²) < 4.78 is 35.2. The molecule has 2 aromatic carbocycles. The van der Waals surface area contributed by atoms with Crippen molar-refractivity contribution >= 4 is 15.7 Å². The summed E-state index contributed by atoms with van der Waals surface area (Å²) in [5.74, 6) is 1.45. The fraction of sp³-hybridized carbons (Fsp3) is 0.0952. The predicted molar refractivity (Wildman–Crippen MR) is 112 cm³/mol. The first kappa shape index (κ1) is 19.6. The number of sulfonamides is 1. The van der Waals surface area contributed by atoms with E-state index in [1.54, 1.807) is 77.9 Å². The Labute approximate surface area is 174 Å². The molecule has 1 N–H and O–H groups in total. The molecular formula is C21H19N5O3S. The van der Waals surface area contributed by atoms with Crippen molar-refractivity contribution in [1.82, 2.24) is 19.7 Å². The van der Waals surface area contributed by atoms with E-state index in [9.17, 15) is 8.42 Å². The second-order valence-electron chi connectivity index (χ2n) is 6.68. The fourth-order valence-electron chi connectivity index (χ4n) is 2.71. The van der Waals surface area contributed by atoms with Gasteiger partial charge in [0.1, 0.15) is 12.1 Å². The molecule has 4 rings (SSSR count). The summed E-state index contributed by atoms with van der Waals surface area (Å²) in [7, 11) is -3.67. The minimum absolute atomic E-state index is 0.221. The Morgan fingerprint density at radius 3 is 2.37 bits per heavy atom. The van der Waals surface area contributed by atoms with Crippen molar-refractivity contribution in [2.45, 2.75) is 18.7 Å². The van der Waals surface area contributed by atoms with E-state index in [4.69, 9.17) is 4.74 Å². The molecule has 9 heteroatoms. The lowest BCUT2D eigenvalue weighted by molar-refractivity contribution is 0.454. The minimum atomic E-state index is -3.67. The van der Waals surface area contributed by atoms with E-state index < -0.39 is 10.0 Å². The molecule has 0 radical (unpaired) electrons. The lowest BCUT2D eigenvalue weighted by Crippen LogP contribution is -2.13. The number of hydrogen-bond donors (Lipinski definition) is 1. The van der Waals surface area contributed by atoms with Crippen LogP contribution >= 0.6 is 0 Å². The number of nitrogens with zero attached hydrogens (tertiary/aromatic N) is 4. The van der Waals surface area contributed by atoms with Crippen molar-refractivity contribution in [3.63, 3.8) is 0 Å². The van der Waals surface area contributed by atoms with Crippen molar-refractivity contribution in [2.75, 3.05) is 4.72 Å². The average molecular weight is 421 g/mol. The summed E-state index contributed by atoms with van der Waals surface area (Å²) >= 11 is 0. The van der Waals surface area contributed by atoms with Gasteiger partial charge < -0.3 is 4.74 Å². The lowest BCUT2D eigenvalue weighted by Gasteiger charge is -2.10. The van der Waals surface area contributed by atoms with E-state index in [-0.39, 0.29) is 4.90 Å². The van der Waals surface area contributed by atoms with Gasteiger partial charge in [0, 0.05) is 24.1 Å². The largest absolute Gasteiger partial charge is 0.438 e. The van der Waals surface area contributed by atoms with Crippen LogP contribution in [0.4, 0.5) is 5.69 Å². The summed E-state index contributed by atoms with van der Waals surface area (Å²) in [6, 6.07) is 15.1. The second kappa shape index (κ2) is 7.96. The Morgan fingerprint density at radius 2 is 1.73 bits per heavy atom. The molecule has 30 heavy (non-hydrogen) atoms. The molecule has 0 unspecified atom stereocenters. The van der Waals surface area contributed by atoms with Crippen LogP contribution in [0.25, 0.3) is 5.82 Å².